The number of halogens is 1. The number of aryl methyl sites for hydroxylation is 1. The van der Waals surface area contributed by atoms with Crippen LogP contribution < -0.4 is 0 Å². The third-order valence-electron chi connectivity index (χ3n) is 5.57. The Bertz CT molecular complexity index is 1070. The van der Waals surface area contributed by atoms with Gasteiger partial charge in [0.15, 0.2) is 0 Å². The van der Waals surface area contributed by atoms with Crippen LogP contribution in [0.1, 0.15) is 34.5 Å². The number of pyridine rings is 1. The number of likely N-dealkylation sites (tertiary alicyclic amines) is 1. The van der Waals surface area contributed by atoms with Crippen molar-refractivity contribution in [2.75, 3.05) is 13.1 Å². The van der Waals surface area contributed by atoms with Gasteiger partial charge in [-0.3, -0.25) is 9.78 Å². The molecule has 1 fully saturated rings. The molecule has 3 aromatic rings. The molecule has 140 valence electrons. The fourth-order valence-corrected chi connectivity index (χ4v) is 3.99. The number of benzene rings is 2. The van der Waals surface area contributed by atoms with Gasteiger partial charge in [-0.25, -0.2) is 4.39 Å². The van der Waals surface area contributed by atoms with Gasteiger partial charge in [0.2, 0.25) is 0 Å². The van der Waals surface area contributed by atoms with Crippen molar-refractivity contribution in [3.8, 4) is 6.07 Å². The Balaban J connectivity index is 1.62. The number of fused-ring (bicyclic) bond motifs is 1. The minimum atomic E-state index is -0.558. The van der Waals surface area contributed by atoms with Crippen LogP contribution in [0.25, 0.3) is 10.9 Å². The zero-order valence-electron chi connectivity index (χ0n) is 15.7. The lowest BCUT2D eigenvalue weighted by Crippen LogP contribution is -2.44. The topological polar surface area (TPSA) is 57.0 Å². The highest BCUT2D eigenvalue weighted by molar-refractivity contribution is 6.06. The highest BCUT2D eigenvalue weighted by Crippen LogP contribution is 2.35. The first-order valence-electron chi connectivity index (χ1n) is 9.35. The lowest BCUT2D eigenvalue weighted by Gasteiger charge is -2.37. The van der Waals surface area contributed by atoms with Gasteiger partial charge in [-0.15, -0.1) is 0 Å². The molecule has 5 heteroatoms. The van der Waals surface area contributed by atoms with Crippen LogP contribution in [0, 0.1) is 24.1 Å². The number of aromatic nitrogens is 1. The third-order valence-corrected chi connectivity index (χ3v) is 5.57. The van der Waals surface area contributed by atoms with E-state index < -0.39 is 5.41 Å². The second kappa shape index (κ2) is 7.05. The summed E-state index contributed by atoms with van der Waals surface area (Å²) in [6, 6.07) is 18.3. The molecule has 0 saturated carbocycles. The van der Waals surface area contributed by atoms with E-state index in [0.717, 1.165) is 5.56 Å². The zero-order valence-corrected chi connectivity index (χ0v) is 15.7. The average Bonchev–Trinajstić information content (AvgIpc) is 2.73. The van der Waals surface area contributed by atoms with Gasteiger partial charge in [0.25, 0.3) is 5.91 Å². The van der Waals surface area contributed by atoms with E-state index in [2.05, 4.69) is 11.1 Å². The molecule has 1 aliphatic heterocycles. The van der Waals surface area contributed by atoms with Crippen LogP contribution in [0.15, 0.2) is 54.6 Å². The monoisotopic (exact) mass is 373 g/mol. The molecule has 0 radical (unpaired) electrons. The Morgan fingerprint density at radius 1 is 1.14 bits per heavy atom. The second-order valence-corrected chi connectivity index (χ2v) is 7.32. The number of rotatable bonds is 2. The first-order valence-corrected chi connectivity index (χ1v) is 9.35. The molecular weight excluding hydrogens is 353 g/mol. The molecule has 2 heterocycles. The number of amides is 1. The van der Waals surface area contributed by atoms with E-state index >= 15 is 0 Å². The maximum absolute atomic E-state index is 13.6. The van der Waals surface area contributed by atoms with Crippen molar-refractivity contribution in [3.63, 3.8) is 0 Å². The van der Waals surface area contributed by atoms with Gasteiger partial charge < -0.3 is 4.90 Å². The van der Waals surface area contributed by atoms with Gasteiger partial charge >= 0.3 is 0 Å². The van der Waals surface area contributed by atoms with Crippen molar-refractivity contribution < 1.29 is 9.18 Å². The van der Waals surface area contributed by atoms with Crippen molar-refractivity contribution in [3.05, 3.63) is 77.2 Å². The maximum atomic E-state index is 13.6. The zero-order chi connectivity index (χ0) is 19.7. The minimum absolute atomic E-state index is 0.0956. The summed E-state index contributed by atoms with van der Waals surface area (Å²) in [5, 5.41) is 10.5. The van der Waals surface area contributed by atoms with Crippen LogP contribution in [0.3, 0.4) is 0 Å². The highest BCUT2D eigenvalue weighted by Gasteiger charge is 2.38. The normalized spacial score (nSPS) is 16.0. The molecule has 0 unspecified atom stereocenters. The minimum Gasteiger partial charge on any atom is -0.338 e. The standard InChI is InChI=1S/C23H20FN3O/c1-16-13-20(19-8-7-18(24)14-21(19)26-16)22(28)27-11-9-23(15-25,10-12-27)17-5-3-2-4-6-17/h2-8,13-14H,9-12H2,1H3. The fourth-order valence-electron chi connectivity index (χ4n) is 3.99. The number of nitrogens with zero attached hydrogens (tertiary/aromatic N) is 3. The van der Waals surface area contributed by atoms with E-state index in [0.29, 0.717) is 48.1 Å². The van der Waals surface area contributed by atoms with E-state index in [1.807, 2.05) is 30.3 Å². The van der Waals surface area contributed by atoms with Crippen LogP contribution in [0.4, 0.5) is 4.39 Å². The SMILES string of the molecule is Cc1cc(C(=O)N2CCC(C#N)(c3ccccc3)CC2)c2ccc(F)cc2n1. The van der Waals surface area contributed by atoms with E-state index in [4.69, 9.17) is 0 Å². The van der Waals surface area contributed by atoms with E-state index in [9.17, 15) is 14.4 Å². The molecule has 1 amide bonds. The maximum Gasteiger partial charge on any atom is 0.254 e. The summed E-state index contributed by atoms with van der Waals surface area (Å²) < 4.78 is 13.6. The van der Waals surface area contributed by atoms with Crippen molar-refractivity contribution in [2.24, 2.45) is 0 Å². The second-order valence-electron chi connectivity index (χ2n) is 7.32. The summed E-state index contributed by atoms with van der Waals surface area (Å²) in [5.74, 6) is -0.467. The number of piperidine rings is 1. The van der Waals surface area contributed by atoms with Crippen molar-refractivity contribution >= 4 is 16.8 Å². The van der Waals surface area contributed by atoms with E-state index in [1.54, 1.807) is 24.0 Å². The molecule has 0 aliphatic carbocycles. The van der Waals surface area contributed by atoms with Gasteiger partial charge in [-0.05, 0) is 43.5 Å². The molecule has 0 atom stereocenters. The van der Waals surface area contributed by atoms with Gasteiger partial charge in [0.1, 0.15) is 5.82 Å². The Morgan fingerprint density at radius 3 is 2.54 bits per heavy atom. The molecule has 4 nitrogen and oxygen atoms in total. The highest BCUT2D eigenvalue weighted by atomic mass is 19.1. The first-order chi connectivity index (χ1) is 13.5. The Hall–Kier alpha value is -3.26. The van der Waals surface area contributed by atoms with E-state index in [1.165, 1.54) is 12.1 Å². The lowest BCUT2D eigenvalue weighted by molar-refractivity contribution is 0.0693. The van der Waals surface area contributed by atoms with Crippen LogP contribution in [0.5, 0.6) is 0 Å². The van der Waals surface area contributed by atoms with Gasteiger partial charge in [0.05, 0.1) is 22.6 Å². The van der Waals surface area contributed by atoms with Crippen LogP contribution in [-0.2, 0) is 5.41 Å². The van der Waals surface area contributed by atoms with Crippen molar-refractivity contribution in [1.82, 2.24) is 9.88 Å². The average molecular weight is 373 g/mol. The summed E-state index contributed by atoms with van der Waals surface area (Å²) in [7, 11) is 0. The largest absolute Gasteiger partial charge is 0.338 e. The van der Waals surface area contributed by atoms with Gasteiger partial charge in [-0.1, -0.05) is 30.3 Å². The van der Waals surface area contributed by atoms with Crippen molar-refractivity contribution in [2.45, 2.75) is 25.2 Å². The molecule has 1 saturated heterocycles. The predicted molar refractivity (Wildman–Crippen MR) is 105 cm³/mol. The number of nitriles is 1. The fraction of sp³-hybridized carbons (Fsp3) is 0.261. The smallest absolute Gasteiger partial charge is 0.254 e. The Kier molecular flexibility index (Phi) is 4.56. The molecule has 0 spiro atoms. The number of hydrogen-bond donors (Lipinski definition) is 0. The third kappa shape index (κ3) is 3.11. The molecule has 1 aliphatic rings. The molecule has 2 aromatic carbocycles. The van der Waals surface area contributed by atoms with Gasteiger partial charge in [0, 0.05) is 30.2 Å². The molecule has 0 bridgehead atoms. The molecular formula is C23H20FN3O. The Morgan fingerprint density at radius 2 is 1.86 bits per heavy atom. The summed E-state index contributed by atoms with van der Waals surface area (Å²) in [6.45, 7) is 2.81. The number of hydrogen-bond acceptors (Lipinski definition) is 3. The summed E-state index contributed by atoms with van der Waals surface area (Å²) in [6.07, 6.45) is 1.19. The van der Waals surface area contributed by atoms with Crippen LogP contribution in [0.2, 0.25) is 0 Å². The molecule has 28 heavy (non-hydrogen) atoms. The van der Waals surface area contributed by atoms with Gasteiger partial charge in [-0.2, -0.15) is 5.26 Å². The summed E-state index contributed by atoms with van der Waals surface area (Å²) in [5.41, 5.74) is 2.14. The number of carbonyl (C=O) groups excluding carboxylic acids is 1. The van der Waals surface area contributed by atoms with Crippen LogP contribution >= 0.6 is 0 Å². The predicted octanol–water partition coefficient (Wildman–Crippen LogP) is 4.38. The lowest BCUT2D eigenvalue weighted by atomic mass is 9.74. The van der Waals surface area contributed by atoms with Crippen LogP contribution in [-0.4, -0.2) is 28.9 Å². The van der Waals surface area contributed by atoms with E-state index in [-0.39, 0.29) is 11.7 Å². The summed E-state index contributed by atoms with van der Waals surface area (Å²) >= 11 is 0. The number of carbonyl (C=O) groups is 1. The van der Waals surface area contributed by atoms with Crippen molar-refractivity contribution in [1.29, 1.82) is 5.26 Å². The quantitative estimate of drug-likeness (QED) is 0.670. The molecule has 0 N–H and O–H groups in total. The molecule has 1 aromatic heterocycles. The molecule has 4 rings (SSSR count). The Labute approximate surface area is 163 Å². The first kappa shape index (κ1) is 18.1. The summed E-state index contributed by atoms with van der Waals surface area (Å²) in [4.78, 5) is 19.3.